The molecule has 248 valence electrons. The van der Waals surface area contributed by atoms with Crippen LogP contribution in [0, 0.1) is 0 Å². The summed E-state index contributed by atoms with van der Waals surface area (Å²) < 4.78 is 9.14. The lowest BCUT2D eigenvalue weighted by molar-refractivity contribution is 0.332. The lowest BCUT2D eigenvalue weighted by atomic mass is 9.63. The molecule has 1 aliphatic carbocycles. The quantitative estimate of drug-likeness (QED) is 0.187. The Morgan fingerprint density at radius 3 is 1.90 bits per heavy atom. The van der Waals surface area contributed by atoms with Crippen molar-refractivity contribution in [3.8, 4) is 5.69 Å². The number of aromatic nitrogens is 1. The van der Waals surface area contributed by atoms with Crippen molar-refractivity contribution in [2.24, 2.45) is 0 Å². The lowest BCUT2D eigenvalue weighted by Crippen LogP contribution is -2.33. The van der Waals surface area contributed by atoms with Gasteiger partial charge in [-0.15, -0.1) is 0 Å². The summed E-state index contributed by atoms with van der Waals surface area (Å²) in [5, 5.41) is 7.26. The zero-order valence-electron chi connectivity index (χ0n) is 29.6. The van der Waals surface area contributed by atoms with Gasteiger partial charge in [0.15, 0.2) is 0 Å². The van der Waals surface area contributed by atoms with E-state index in [1.165, 1.54) is 61.9 Å². The first-order valence-corrected chi connectivity index (χ1v) is 18.1. The highest BCUT2D eigenvalue weighted by Crippen LogP contribution is 2.49. The smallest absolute Gasteiger partial charge is 0.137 e. The van der Waals surface area contributed by atoms with Crippen molar-refractivity contribution in [1.82, 2.24) is 4.57 Å². The zero-order chi connectivity index (χ0) is 34.5. The van der Waals surface area contributed by atoms with E-state index in [1.807, 2.05) is 0 Å². The fourth-order valence-corrected chi connectivity index (χ4v) is 8.68. The minimum atomic E-state index is 0.123. The summed E-state index contributed by atoms with van der Waals surface area (Å²) in [6.07, 6.45) is 2.37. The Kier molecular flexibility index (Phi) is 6.39. The van der Waals surface area contributed by atoms with Gasteiger partial charge in [0.1, 0.15) is 11.2 Å². The maximum Gasteiger partial charge on any atom is 0.137 e. The Balaban J connectivity index is 1.19. The van der Waals surface area contributed by atoms with Gasteiger partial charge in [0.2, 0.25) is 0 Å². The summed E-state index contributed by atoms with van der Waals surface area (Å²) in [6, 6.07) is 53.2. The third-order valence-electron chi connectivity index (χ3n) is 11.6. The van der Waals surface area contributed by atoms with Gasteiger partial charge in [0.25, 0.3) is 0 Å². The number of rotatable bonds is 4. The predicted octanol–water partition coefficient (Wildman–Crippen LogP) is 13.7. The molecule has 0 bridgehead atoms. The van der Waals surface area contributed by atoms with Gasteiger partial charge in [-0.3, -0.25) is 0 Å². The highest BCUT2D eigenvalue weighted by molar-refractivity contribution is 6.11. The molecule has 0 unspecified atom stereocenters. The van der Waals surface area contributed by atoms with Crippen molar-refractivity contribution in [2.75, 3.05) is 4.90 Å². The van der Waals surface area contributed by atoms with Gasteiger partial charge in [-0.05, 0) is 118 Å². The lowest BCUT2D eigenvalue weighted by Gasteiger charge is -2.41. The Morgan fingerprint density at radius 1 is 0.471 bits per heavy atom. The van der Waals surface area contributed by atoms with Crippen molar-refractivity contribution in [3.63, 3.8) is 0 Å². The molecule has 0 saturated heterocycles. The number of fused-ring (bicyclic) bond motifs is 8. The van der Waals surface area contributed by atoms with Gasteiger partial charge >= 0.3 is 0 Å². The molecule has 0 aliphatic heterocycles. The first-order chi connectivity index (χ1) is 24.7. The first kappa shape index (κ1) is 30.1. The minimum Gasteiger partial charge on any atom is -0.456 e. The molecule has 1 aliphatic rings. The number of para-hydroxylation sites is 2. The third-order valence-corrected chi connectivity index (χ3v) is 11.6. The minimum absolute atomic E-state index is 0.123. The molecular formula is C48H40N2O. The van der Waals surface area contributed by atoms with E-state index < -0.39 is 0 Å². The summed E-state index contributed by atoms with van der Waals surface area (Å²) in [5.74, 6) is 0. The second-order valence-corrected chi connectivity index (χ2v) is 15.7. The third kappa shape index (κ3) is 4.64. The molecule has 0 radical (unpaired) electrons. The highest BCUT2D eigenvalue weighted by Gasteiger charge is 2.37. The normalized spacial score (nSPS) is 15.2. The number of anilines is 3. The second kappa shape index (κ2) is 10.8. The molecule has 0 saturated carbocycles. The van der Waals surface area contributed by atoms with Crippen LogP contribution in [0.2, 0.25) is 0 Å². The maximum atomic E-state index is 6.76. The van der Waals surface area contributed by atoms with E-state index in [-0.39, 0.29) is 10.8 Å². The molecule has 0 spiro atoms. The Morgan fingerprint density at radius 2 is 1.08 bits per heavy atom. The van der Waals surface area contributed by atoms with Gasteiger partial charge < -0.3 is 13.9 Å². The molecule has 0 amide bonds. The average molecular weight is 661 g/mol. The van der Waals surface area contributed by atoms with E-state index in [2.05, 4.69) is 183 Å². The van der Waals surface area contributed by atoms with Crippen LogP contribution >= 0.6 is 0 Å². The average Bonchev–Trinajstić information content (AvgIpc) is 3.68. The van der Waals surface area contributed by atoms with Crippen LogP contribution in [0.5, 0.6) is 0 Å². The fraction of sp³-hybridized carbons (Fsp3) is 0.167. The molecule has 3 heteroatoms. The number of hydrogen-bond donors (Lipinski definition) is 0. The monoisotopic (exact) mass is 660 g/mol. The van der Waals surface area contributed by atoms with Crippen LogP contribution < -0.4 is 4.90 Å². The molecule has 2 heterocycles. The van der Waals surface area contributed by atoms with Gasteiger partial charge in [-0.2, -0.15) is 0 Å². The number of benzene rings is 7. The molecule has 2 aromatic heterocycles. The standard InChI is InChI=1S/C48H40N2O/c1-47(2)24-25-48(3,4)42-30-46-40(29-41(42)47)38-22-20-36(28-45(38)51-46)49(34-19-18-31-12-8-9-13-32(31)26-34)35-21-23-44-39(27-35)37-16-10-11-17-43(37)50(44)33-14-6-5-7-15-33/h5-23,26-30H,24-25H2,1-4H3. The fourth-order valence-electron chi connectivity index (χ4n) is 8.68. The number of furan rings is 1. The highest BCUT2D eigenvalue weighted by atomic mass is 16.3. The van der Waals surface area contributed by atoms with Crippen LogP contribution in [-0.4, -0.2) is 4.57 Å². The van der Waals surface area contributed by atoms with E-state index in [4.69, 9.17) is 4.42 Å². The topological polar surface area (TPSA) is 21.3 Å². The summed E-state index contributed by atoms with van der Waals surface area (Å²) in [5.41, 5.74) is 11.8. The van der Waals surface area contributed by atoms with E-state index in [0.717, 1.165) is 39.3 Å². The maximum absolute atomic E-state index is 6.76. The Hall–Kier alpha value is -5.80. The van der Waals surface area contributed by atoms with Crippen molar-refractivity contribution < 1.29 is 4.42 Å². The molecule has 10 rings (SSSR count). The SMILES string of the molecule is CC1(C)CCC(C)(C)c2cc3c(cc21)oc1cc(N(c2ccc4ccccc4c2)c2ccc4c(c2)c2ccccc2n4-c2ccccc2)ccc13. The second-order valence-electron chi connectivity index (χ2n) is 15.7. The number of nitrogens with zero attached hydrogens (tertiary/aromatic N) is 2. The van der Waals surface area contributed by atoms with Gasteiger partial charge in [-0.1, -0.05) is 94.4 Å². The van der Waals surface area contributed by atoms with Gasteiger partial charge in [0, 0.05) is 50.4 Å². The van der Waals surface area contributed by atoms with E-state index in [9.17, 15) is 0 Å². The van der Waals surface area contributed by atoms with Crippen LogP contribution in [-0.2, 0) is 10.8 Å². The first-order valence-electron chi connectivity index (χ1n) is 18.1. The Labute approximate surface area is 298 Å². The molecule has 0 fully saturated rings. The van der Waals surface area contributed by atoms with Crippen molar-refractivity contribution in [1.29, 1.82) is 0 Å². The van der Waals surface area contributed by atoms with Crippen molar-refractivity contribution in [3.05, 3.63) is 157 Å². The summed E-state index contributed by atoms with van der Waals surface area (Å²) >= 11 is 0. The van der Waals surface area contributed by atoms with Crippen molar-refractivity contribution in [2.45, 2.75) is 51.4 Å². The predicted molar refractivity (Wildman–Crippen MR) is 216 cm³/mol. The Bertz CT molecular complexity index is 2820. The van der Waals surface area contributed by atoms with Crippen LogP contribution in [0.15, 0.2) is 150 Å². The van der Waals surface area contributed by atoms with Crippen molar-refractivity contribution >= 4 is 71.6 Å². The van der Waals surface area contributed by atoms with Crippen LogP contribution in [0.4, 0.5) is 17.1 Å². The molecule has 9 aromatic rings. The molecule has 3 nitrogen and oxygen atoms in total. The summed E-state index contributed by atoms with van der Waals surface area (Å²) in [6.45, 7) is 9.54. The zero-order valence-corrected chi connectivity index (χ0v) is 29.6. The molecule has 7 aromatic carbocycles. The van der Waals surface area contributed by atoms with Crippen LogP contribution in [0.25, 0.3) is 60.2 Å². The van der Waals surface area contributed by atoms with Crippen LogP contribution in [0.1, 0.15) is 51.7 Å². The van der Waals surface area contributed by atoms with Gasteiger partial charge in [0.05, 0.1) is 11.0 Å². The number of hydrogen-bond acceptors (Lipinski definition) is 2. The van der Waals surface area contributed by atoms with E-state index in [0.29, 0.717) is 0 Å². The molecular weight excluding hydrogens is 621 g/mol. The summed E-state index contributed by atoms with van der Waals surface area (Å²) in [4.78, 5) is 2.38. The largest absolute Gasteiger partial charge is 0.456 e. The van der Waals surface area contributed by atoms with E-state index in [1.54, 1.807) is 0 Å². The van der Waals surface area contributed by atoms with E-state index >= 15 is 0 Å². The van der Waals surface area contributed by atoms with Crippen LogP contribution in [0.3, 0.4) is 0 Å². The van der Waals surface area contributed by atoms with Gasteiger partial charge in [-0.25, -0.2) is 0 Å². The summed E-state index contributed by atoms with van der Waals surface area (Å²) in [7, 11) is 0. The molecule has 0 N–H and O–H groups in total. The molecule has 0 atom stereocenters. The molecule has 51 heavy (non-hydrogen) atoms.